The fourth-order valence-electron chi connectivity index (χ4n) is 1.02. The van der Waals surface area contributed by atoms with Crippen molar-refractivity contribution >= 4 is 0 Å². The van der Waals surface area contributed by atoms with Crippen molar-refractivity contribution in [3.63, 3.8) is 0 Å². The second kappa shape index (κ2) is 10.9. The smallest absolute Gasteiger partial charge is 0.0636 e. The van der Waals surface area contributed by atoms with Crippen molar-refractivity contribution in [1.82, 2.24) is 16.0 Å². The number of nitrogens with two attached hydrogens (primary N) is 1. The van der Waals surface area contributed by atoms with Gasteiger partial charge in [0, 0.05) is 45.8 Å². The van der Waals surface area contributed by atoms with Gasteiger partial charge in [-0.15, -0.1) is 0 Å². The maximum atomic E-state index is 8.95. The van der Waals surface area contributed by atoms with Crippen molar-refractivity contribution in [3.8, 4) is 0 Å². The van der Waals surface area contributed by atoms with E-state index in [9.17, 15) is 0 Å². The number of aliphatic hydroxyl groups is 1. The summed E-state index contributed by atoms with van der Waals surface area (Å²) in [4.78, 5) is 0. The van der Waals surface area contributed by atoms with Crippen LogP contribution in [0.2, 0.25) is 0 Å². The highest BCUT2D eigenvalue weighted by Gasteiger charge is 1.92. The summed E-state index contributed by atoms with van der Waals surface area (Å²) in [5.74, 6) is 0. The topological polar surface area (TPSA) is 82.3 Å². The van der Waals surface area contributed by atoms with Gasteiger partial charge in [-0.05, 0) is 6.92 Å². The van der Waals surface area contributed by atoms with Crippen LogP contribution >= 0.6 is 0 Å². The number of hydrogen-bond donors (Lipinski definition) is 5. The minimum absolute atomic E-state index is 0.263. The second-order valence-corrected chi connectivity index (χ2v) is 3.34. The quantitative estimate of drug-likeness (QED) is 0.268. The Morgan fingerprint density at radius 3 is 2.00 bits per heavy atom. The predicted molar refractivity (Wildman–Crippen MR) is 59.3 cm³/mol. The second-order valence-electron chi connectivity index (χ2n) is 3.34. The largest absolute Gasteiger partial charge is 0.392 e. The van der Waals surface area contributed by atoms with Crippen LogP contribution in [-0.4, -0.2) is 57.0 Å². The van der Waals surface area contributed by atoms with Crippen molar-refractivity contribution < 1.29 is 5.11 Å². The molecule has 0 saturated carbocycles. The van der Waals surface area contributed by atoms with E-state index in [1.807, 2.05) is 0 Å². The van der Waals surface area contributed by atoms with Gasteiger partial charge >= 0.3 is 0 Å². The van der Waals surface area contributed by atoms with E-state index in [1.165, 1.54) is 0 Å². The summed E-state index contributed by atoms with van der Waals surface area (Å²) >= 11 is 0. The molecule has 1 unspecified atom stereocenters. The summed E-state index contributed by atoms with van der Waals surface area (Å²) in [6.45, 7) is 7.73. The van der Waals surface area contributed by atoms with Crippen LogP contribution in [0.25, 0.3) is 0 Å². The van der Waals surface area contributed by atoms with Crippen LogP contribution in [0, 0.1) is 0 Å². The SMILES string of the molecule is CC(O)CNCCNCCNCCN. The van der Waals surface area contributed by atoms with Gasteiger partial charge in [0.2, 0.25) is 0 Å². The molecule has 0 aromatic carbocycles. The normalized spacial score (nSPS) is 13.1. The summed E-state index contributed by atoms with van der Waals surface area (Å²) in [6.07, 6.45) is -0.263. The molecular formula is C9H24N4O. The Labute approximate surface area is 86.4 Å². The molecule has 6 N–H and O–H groups in total. The van der Waals surface area contributed by atoms with Crippen molar-refractivity contribution in [2.24, 2.45) is 5.73 Å². The average Bonchev–Trinajstić information content (AvgIpc) is 2.15. The number of rotatable bonds is 10. The van der Waals surface area contributed by atoms with Crippen molar-refractivity contribution in [3.05, 3.63) is 0 Å². The van der Waals surface area contributed by atoms with Gasteiger partial charge < -0.3 is 26.8 Å². The molecule has 5 nitrogen and oxygen atoms in total. The maximum Gasteiger partial charge on any atom is 0.0636 e. The van der Waals surface area contributed by atoms with E-state index in [0.717, 1.165) is 32.7 Å². The lowest BCUT2D eigenvalue weighted by atomic mass is 10.4. The molecule has 0 radical (unpaired) electrons. The fraction of sp³-hybridized carbons (Fsp3) is 1.00. The van der Waals surface area contributed by atoms with Crippen molar-refractivity contribution in [2.75, 3.05) is 45.8 Å². The molecule has 0 bridgehead atoms. The van der Waals surface area contributed by atoms with Gasteiger partial charge in [-0.2, -0.15) is 0 Å². The first-order valence-electron chi connectivity index (χ1n) is 5.27. The van der Waals surface area contributed by atoms with Crippen LogP contribution in [-0.2, 0) is 0 Å². The summed E-state index contributed by atoms with van der Waals surface area (Å²) < 4.78 is 0. The molecule has 5 heteroatoms. The highest BCUT2D eigenvalue weighted by Crippen LogP contribution is 1.72. The zero-order chi connectivity index (χ0) is 10.6. The van der Waals surface area contributed by atoms with Crippen LogP contribution < -0.4 is 21.7 Å². The number of aliphatic hydroxyl groups excluding tert-OH is 1. The molecule has 1 atom stereocenters. The lowest BCUT2D eigenvalue weighted by Gasteiger charge is -2.08. The third-order valence-electron chi connectivity index (χ3n) is 1.72. The fourth-order valence-corrected chi connectivity index (χ4v) is 1.02. The minimum Gasteiger partial charge on any atom is -0.392 e. The number of nitrogens with one attached hydrogen (secondary N) is 3. The van der Waals surface area contributed by atoms with Gasteiger partial charge in [0.05, 0.1) is 6.10 Å². The van der Waals surface area contributed by atoms with Gasteiger partial charge in [-0.1, -0.05) is 0 Å². The van der Waals surface area contributed by atoms with Gasteiger partial charge in [-0.25, -0.2) is 0 Å². The van der Waals surface area contributed by atoms with Crippen molar-refractivity contribution in [1.29, 1.82) is 0 Å². The lowest BCUT2D eigenvalue weighted by molar-refractivity contribution is 0.191. The molecule has 0 spiro atoms. The third-order valence-corrected chi connectivity index (χ3v) is 1.72. The Balaban J connectivity index is 2.85. The highest BCUT2D eigenvalue weighted by atomic mass is 16.3. The van der Waals surface area contributed by atoms with Crippen LogP contribution in [0.1, 0.15) is 6.92 Å². The molecule has 0 aliphatic carbocycles. The minimum atomic E-state index is -0.263. The Morgan fingerprint density at radius 2 is 1.50 bits per heavy atom. The molecule has 0 fully saturated rings. The molecule has 0 aliphatic heterocycles. The molecular weight excluding hydrogens is 180 g/mol. The molecule has 0 aromatic heterocycles. The predicted octanol–water partition coefficient (Wildman–Crippen LogP) is -1.91. The standard InChI is InChI=1S/C9H24N4O/c1-9(14)8-13-7-6-12-5-4-11-3-2-10/h9,11-14H,2-8,10H2,1H3. The van der Waals surface area contributed by atoms with Crippen LogP contribution in [0.4, 0.5) is 0 Å². The molecule has 86 valence electrons. The average molecular weight is 204 g/mol. The van der Waals surface area contributed by atoms with E-state index in [0.29, 0.717) is 13.1 Å². The highest BCUT2D eigenvalue weighted by molar-refractivity contribution is 4.56. The summed E-state index contributed by atoms with van der Waals surface area (Å²) in [5.41, 5.74) is 5.32. The first-order valence-corrected chi connectivity index (χ1v) is 5.27. The van der Waals surface area contributed by atoms with Crippen LogP contribution in [0.5, 0.6) is 0 Å². The third kappa shape index (κ3) is 11.8. The van der Waals surface area contributed by atoms with E-state index < -0.39 is 0 Å². The first kappa shape index (κ1) is 13.8. The van der Waals surface area contributed by atoms with E-state index in [-0.39, 0.29) is 6.10 Å². The molecule has 0 rings (SSSR count). The van der Waals surface area contributed by atoms with E-state index in [4.69, 9.17) is 10.8 Å². The van der Waals surface area contributed by atoms with Gasteiger partial charge in [-0.3, -0.25) is 0 Å². The summed E-state index contributed by atoms with van der Waals surface area (Å²) in [5, 5.41) is 18.5. The monoisotopic (exact) mass is 204 g/mol. The molecule has 0 aliphatic rings. The van der Waals surface area contributed by atoms with E-state index in [1.54, 1.807) is 6.92 Å². The molecule has 0 heterocycles. The van der Waals surface area contributed by atoms with E-state index in [2.05, 4.69) is 16.0 Å². The van der Waals surface area contributed by atoms with Crippen LogP contribution in [0.15, 0.2) is 0 Å². The van der Waals surface area contributed by atoms with Crippen LogP contribution in [0.3, 0.4) is 0 Å². The van der Waals surface area contributed by atoms with Crippen molar-refractivity contribution in [2.45, 2.75) is 13.0 Å². The van der Waals surface area contributed by atoms with Gasteiger partial charge in [0.1, 0.15) is 0 Å². The van der Waals surface area contributed by atoms with Gasteiger partial charge in [0.15, 0.2) is 0 Å². The Kier molecular flexibility index (Phi) is 10.7. The maximum absolute atomic E-state index is 8.95. The Hall–Kier alpha value is -0.200. The lowest BCUT2D eigenvalue weighted by Crippen LogP contribution is -2.35. The molecule has 14 heavy (non-hydrogen) atoms. The molecule has 0 saturated heterocycles. The summed E-state index contributed by atoms with van der Waals surface area (Å²) in [6, 6.07) is 0. The Morgan fingerprint density at radius 1 is 1.00 bits per heavy atom. The Bertz CT molecular complexity index is 111. The zero-order valence-electron chi connectivity index (χ0n) is 9.05. The molecule has 0 aromatic rings. The zero-order valence-corrected chi connectivity index (χ0v) is 9.05. The van der Waals surface area contributed by atoms with E-state index >= 15 is 0 Å². The number of hydrogen-bond acceptors (Lipinski definition) is 5. The summed E-state index contributed by atoms with van der Waals surface area (Å²) in [7, 11) is 0. The van der Waals surface area contributed by atoms with Gasteiger partial charge in [0.25, 0.3) is 0 Å². The molecule has 0 amide bonds. The first-order chi connectivity index (χ1) is 6.77.